The molecule has 1 saturated carbocycles. The van der Waals surface area contributed by atoms with Crippen LogP contribution in [-0.2, 0) is 19.0 Å². The Morgan fingerprint density at radius 3 is 2.67 bits per heavy atom. The summed E-state index contributed by atoms with van der Waals surface area (Å²) in [6, 6.07) is 0. The van der Waals surface area contributed by atoms with Gasteiger partial charge in [0.1, 0.15) is 0 Å². The van der Waals surface area contributed by atoms with Crippen LogP contribution >= 0.6 is 0 Å². The number of methoxy groups -OCH3 is 1. The van der Waals surface area contributed by atoms with Crippen LogP contribution in [0, 0.1) is 0 Å². The number of hydrogen-bond donors (Lipinski definition) is 0. The molecule has 1 saturated heterocycles. The van der Waals surface area contributed by atoms with E-state index in [0.717, 1.165) is 25.7 Å². The zero-order chi connectivity index (χ0) is 15.1. The molecule has 2 aliphatic rings. The van der Waals surface area contributed by atoms with Crippen LogP contribution in [0.5, 0.6) is 0 Å². The largest absolute Gasteiger partial charge is 0.469 e. The van der Waals surface area contributed by atoms with Crippen molar-refractivity contribution in [3.05, 3.63) is 24.3 Å². The molecule has 0 N–H and O–H groups in total. The minimum Gasteiger partial charge on any atom is -0.469 e. The van der Waals surface area contributed by atoms with E-state index in [9.17, 15) is 4.79 Å². The summed E-state index contributed by atoms with van der Waals surface area (Å²) in [7, 11) is 1.42. The van der Waals surface area contributed by atoms with E-state index in [1.807, 2.05) is 25.2 Å². The number of esters is 1. The van der Waals surface area contributed by atoms with Crippen LogP contribution in [0.25, 0.3) is 0 Å². The molecule has 4 nitrogen and oxygen atoms in total. The Balaban J connectivity index is 2.06. The molecule has 0 aromatic heterocycles. The second-order valence-electron chi connectivity index (χ2n) is 5.79. The number of ether oxygens (including phenoxy) is 3. The standard InChI is InChI=1S/C17H26O4/c1-3-4-6-9-14-12-15(13-16(18)19-2)21-17(20-14)10-7-5-8-11-17/h3-4,6,9,14-15H,5,7-8,10-13H2,1-2H3/b4-3+,9-6+/t14-,15-/m0/s1. The zero-order valence-electron chi connectivity index (χ0n) is 13.0. The molecule has 118 valence electrons. The van der Waals surface area contributed by atoms with E-state index in [2.05, 4.69) is 6.08 Å². The van der Waals surface area contributed by atoms with E-state index in [0.29, 0.717) is 12.8 Å². The maximum atomic E-state index is 11.5. The molecule has 1 aliphatic heterocycles. The number of hydrogen-bond acceptors (Lipinski definition) is 4. The first-order valence-electron chi connectivity index (χ1n) is 7.89. The maximum Gasteiger partial charge on any atom is 0.308 e. The van der Waals surface area contributed by atoms with Crippen molar-refractivity contribution in [1.82, 2.24) is 0 Å². The predicted molar refractivity (Wildman–Crippen MR) is 80.8 cm³/mol. The highest BCUT2D eigenvalue weighted by atomic mass is 16.7. The Morgan fingerprint density at radius 1 is 1.24 bits per heavy atom. The van der Waals surface area contributed by atoms with Crippen molar-refractivity contribution in [2.45, 2.75) is 69.9 Å². The summed E-state index contributed by atoms with van der Waals surface area (Å²) in [6.07, 6.45) is 14.2. The van der Waals surface area contributed by atoms with E-state index in [1.165, 1.54) is 13.5 Å². The van der Waals surface area contributed by atoms with E-state index in [-0.39, 0.29) is 18.2 Å². The summed E-state index contributed by atoms with van der Waals surface area (Å²) in [5, 5.41) is 0. The average molecular weight is 294 g/mol. The summed E-state index contributed by atoms with van der Waals surface area (Å²) in [5.74, 6) is -0.718. The second-order valence-corrected chi connectivity index (χ2v) is 5.79. The minimum absolute atomic E-state index is 0.00251. The molecule has 0 aromatic rings. The van der Waals surface area contributed by atoms with Crippen molar-refractivity contribution in [1.29, 1.82) is 0 Å². The van der Waals surface area contributed by atoms with Gasteiger partial charge in [-0.15, -0.1) is 0 Å². The number of allylic oxidation sites excluding steroid dienone is 3. The summed E-state index contributed by atoms with van der Waals surface area (Å²) >= 11 is 0. The fourth-order valence-electron chi connectivity index (χ4n) is 3.10. The number of carbonyl (C=O) groups excluding carboxylic acids is 1. The van der Waals surface area contributed by atoms with Crippen molar-refractivity contribution in [3.8, 4) is 0 Å². The van der Waals surface area contributed by atoms with Crippen molar-refractivity contribution in [2.75, 3.05) is 7.11 Å². The van der Waals surface area contributed by atoms with Gasteiger partial charge in [0.15, 0.2) is 5.79 Å². The van der Waals surface area contributed by atoms with Gasteiger partial charge in [0.2, 0.25) is 0 Å². The molecule has 0 aromatic carbocycles. The van der Waals surface area contributed by atoms with Gasteiger partial charge in [-0.1, -0.05) is 30.7 Å². The molecule has 4 heteroatoms. The highest BCUT2D eigenvalue weighted by Gasteiger charge is 2.43. The van der Waals surface area contributed by atoms with Crippen molar-refractivity contribution < 1.29 is 19.0 Å². The van der Waals surface area contributed by atoms with Crippen LogP contribution in [0.1, 0.15) is 51.9 Å². The molecule has 2 fully saturated rings. The summed E-state index contributed by atoms with van der Waals surface area (Å²) in [5.41, 5.74) is 0. The van der Waals surface area contributed by atoms with Gasteiger partial charge in [0, 0.05) is 19.3 Å². The highest BCUT2D eigenvalue weighted by Crippen LogP contribution is 2.40. The predicted octanol–water partition coefficient (Wildman–Crippen LogP) is 3.52. The first-order chi connectivity index (χ1) is 10.2. The SMILES string of the molecule is C/C=C/C=C/[C@H]1C[C@@H](CC(=O)OC)OC2(CCCCC2)O1. The lowest BCUT2D eigenvalue weighted by Crippen LogP contribution is -2.49. The molecule has 21 heavy (non-hydrogen) atoms. The summed E-state index contributed by atoms with van der Waals surface area (Å²) < 4.78 is 17.1. The van der Waals surface area contributed by atoms with Gasteiger partial charge in [-0.05, 0) is 19.8 Å². The summed E-state index contributed by atoms with van der Waals surface area (Å²) in [4.78, 5) is 11.5. The average Bonchev–Trinajstić information content (AvgIpc) is 2.47. The number of rotatable bonds is 4. The van der Waals surface area contributed by atoms with Gasteiger partial charge < -0.3 is 14.2 Å². The van der Waals surface area contributed by atoms with Crippen LogP contribution in [0.2, 0.25) is 0 Å². The van der Waals surface area contributed by atoms with Crippen molar-refractivity contribution in [3.63, 3.8) is 0 Å². The van der Waals surface area contributed by atoms with Gasteiger partial charge in [-0.3, -0.25) is 4.79 Å². The molecule has 0 radical (unpaired) electrons. The third kappa shape index (κ3) is 4.68. The summed E-state index contributed by atoms with van der Waals surface area (Å²) in [6.45, 7) is 1.98. The Hall–Kier alpha value is -1.13. The van der Waals surface area contributed by atoms with Gasteiger partial charge in [0.25, 0.3) is 0 Å². The lowest BCUT2D eigenvalue weighted by Gasteiger charge is -2.46. The molecule has 1 heterocycles. The zero-order valence-corrected chi connectivity index (χ0v) is 13.0. The van der Waals surface area contributed by atoms with Gasteiger partial charge >= 0.3 is 5.97 Å². The molecule has 0 unspecified atom stereocenters. The molecule has 2 rings (SSSR count). The Morgan fingerprint density at radius 2 is 2.00 bits per heavy atom. The van der Waals surface area contributed by atoms with E-state index in [1.54, 1.807) is 0 Å². The third-order valence-corrected chi connectivity index (χ3v) is 4.11. The van der Waals surface area contributed by atoms with Crippen LogP contribution in [0.4, 0.5) is 0 Å². The minimum atomic E-state index is -0.500. The van der Waals surface area contributed by atoms with Crippen LogP contribution in [-0.4, -0.2) is 31.1 Å². The Bertz CT molecular complexity index is 394. The molecule has 0 bridgehead atoms. The molecular formula is C17H26O4. The van der Waals surface area contributed by atoms with Gasteiger partial charge in [-0.2, -0.15) is 0 Å². The van der Waals surface area contributed by atoms with E-state index < -0.39 is 5.79 Å². The second kappa shape index (κ2) is 7.76. The highest BCUT2D eigenvalue weighted by molar-refractivity contribution is 5.69. The molecule has 1 spiro atoms. The molecular weight excluding hydrogens is 268 g/mol. The fourth-order valence-corrected chi connectivity index (χ4v) is 3.10. The third-order valence-electron chi connectivity index (χ3n) is 4.11. The molecule has 0 amide bonds. The lowest BCUT2D eigenvalue weighted by atomic mass is 9.91. The van der Waals surface area contributed by atoms with Gasteiger partial charge in [0.05, 0.1) is 25.7 Å². The smallest absolute Gasteiger partial charge is 0.308 e. The molecule has 2 atom stereocenters. The van der Waals surface area contributed by atoms with Crippen LogP contribution in [0.3, 0.4) is 0 Å². The van der Waals surface area contributed by atoms with Gasteiger partial charge in [-0.25, -0.2) is 0 Å². The topological polar surface area (TPSA) is 44.8 Å². The number of carbonyl (C=O) groups is 1. The lowest BCUT2D eigenvalue weighted by molar-refractivity contribution is -0.320. The fraction of sp³-hybridized carbons (Fsp3) is 0.706. The normalized spacial score (nSPS) is 29.2. The monoisotopic (exact) mass is 294 g/mol. The van der Waals surface area contributed by atoms with E-state index in [4.69, 9.17) is 14.2 Å². The molecule has 1 aliphatic carbocycles. The van der Waals surface area contributed by atoms with Crippen molar-refractivity contribution >= 4 is 5.97 Å². The Kier molecular flexibility index (Phi) is 6.00. The van der Waals surface area contributed by atoms with Crippen LogP contribution < -0.4 is 0 Å². The quantitative estimate of drug-likeness (QED) is 0.588. The van der Waals surface area contributed by atoms with E-state index >= 15 is 0 Å². The van der Waals surface area contributed by atoms with Crippen molar-refractivity contribution in [2.24, 2.45) is 0 Å². The Labute approximate surface area is 127 Å². The van der Waals surface area contributed by atoms with Crippen LogP contribution in [0.15, 0.2) is 24.3 Å². The maximum absolute atomic E-state index is 11.5. The first kappa shape index (κ1) is 16.2. The first-order valence-corrected chi connectivity index (χ1v) is 7.89.